The van der Waals surface area contributed by atoms with Gasteiger partial charge in [-0.05, 0) is 23.3 Å². The van der Waals surface area contributed by atoms with Crippen LogP contribution in [0.15, 0.2) is 54.6 Å². The molecule has 3 heteroatoms. The highest BCUT2D eigenvalue weighted by Gasteiger charge is 2.04. The molecule has 2 rings (SSSR count). The van der Waals surface area contributed by atoms with Crippen LogP contribution in [0.5, 0.6) is 5.75 Å². The Bertz CT molecular complexity index is 530. The van der Waals surface area contributed by atoms with Gasteiger partial charge in [-0.25, -0.2) is 0 Å². The molecule has 0 amide bonds. The molecule has 1 nitrogen and oxygen atoms in total. The van der Waals surface area contributed by atoms with Crippen LogP contribution in [0.4, 0.5) is 0 Å². The Kier molecular flexibility index (Phi) is 3.82. The maximum atomic E-state index is 9.23. The minimum absolute atomic E-state index is 0.246. The zero-order valence-electron chi connectivity index (χ0n) is 9.04. The average Bonchev–Trinajstić information content (AvgIpc) is 2.39. The molecule has 0 spiro atoms. The molecule has 0 saturated carbocycles. The molecule has 2 aromatic carbocycles. The van der Waals surface area contributed by atoms with Crippen LogP contribution < -0.4 is 0 Å². The van der Waals surface area contributed by atoms with Crippen LogP contribution in [0, 0.1) is 0 Å². The number of rotatable bonds is 2. The van der Waals surface area contributed by atoms with E-state index in [1.165, 1.54) is 0 Å². The summed E-state index contributed by atoms with van der Waals surface area (Å²) in [5, 5.41) is 9.23. The number of phenolic OH excluding ortho intramolecular Hbond substituents is 1. The summed E-state index contributed by atoms with van der Waals surface area (Å²) in [7, 11) is 0. The molecule has 0 bridgehead atoms. The van der Waals surface area contributed by atoms with Crippen LogP contribution in [0.2, 0.25) is 0 Å². The lowest BCUT2D eigenvalue weighted by Gasteiger charge is -2.07. The smallest absolute Gasteiger partial charge is 0.115 e. The number of benzene rings is 2. The molecular formula is C14H12OS2. The predicted octanol–water partition coefficient (Wildman–Crippen LogP) is 4.08. The Morgan fingerprint density at radius 1 is 0.706 bits per heavy atom. The van der Waals surface area contributed by atoms with Crippen molar-refractivity contribution in [3.8, 4) is 5.75 Å². The Hall–Kier alpha value is -1.32. The van der Waals surface area contributed by atoms with Crippen LogP contribution in [-0.2, 0) is 0 Å². The van der Waals surface area contributed by atoms with E-state index < -0.39 is 0 Å². The minimum Gasteiger partial charge on any atom is -0.508 e. The molecule has 0 atom stereocenters. The fourth-order valence-corrected chi connectivity index (χ4v) is 2.05. The summed E-state index contributed by atoms with van der Waals surface area (Å²) in [4.78, 5) is 1.61. The van der Waals surface area contributed by atoms with Gasteiger partial charge < -0.3 is 5.11 Å². The second-order valence-corrected chi connectivity index (χ2v) is 4.50. The highest BCUT2D eigenvalue weighted by Crippen LogP contribution is 2.32. The molecule has 0 fully saturated rings. The quantitative estimate of drug-likeness (QED) is 0.549. The molecule has 0 saturated heterocycles. The van der Waals surface area contributed by atoms with Gasteiger partial charge in [0.25, 0.3) is 0 Å². The molecular weight excluding hydrogens is 248 g/mol. The number of hydrogen-bond acceptors (Lipinski definition) is 3. The predicted molar refractivity (Wildman–Crippen MR) is 79.3 cm³/mol. The number of hydrogen-bond donors (Lipinski definition) is 3. The van der Waals surface area contributed by atoms with Gasteiger partial charge in [-0.2, -0.15) is 0 Å². The van der Waals surface area contributed by atoms with E-state index in [0.717, 1.165) is 20.9 Å². The molecule has 0 aliphatic carbocycles. The lowest BCUT2D eigenvalue weighted by molar-refractivity contribution is 0.475. The van der Waals surface area contributed by atoms with Crippen LogP contribution in [0.3, 0.4) is 0 Å². The first-order chi connectivity index (χ1) is 8.18. The van der Waals surface area contributed by atoms with Crippen molar-refractivity contribution >= 4 is 35.1 Å². The first kappa shape index (κ1) is 12.1. The topological polar surface area (TPSA) is 20.2 Å². The molecule has 0 radical (unpaired) electrons. The van der Waals surface area contributed by atoms with E-state index in [0.29, 0.717) is 0 Å². The van der Waals surface area contributed by atoms with E-state index in [4.69, 9.17) is 0 Å². The highest BCUT2D eigenvalue weighted by molar-refractivity contribution is 7.96. The Morgan fingerprint density at radius 2 is 1.18 bits per heavy atom. The fourth-order valence-electron chi connectivity index (χ4n) is 1.49. The number of aromatic hydroxyl groups is 1. The van der Waals surface area contributed by atoms with Crippen molar-refractivity contribution in [2.75, 3.05) is 0 Å². The van der Waals surface area contributed by atoms with Crippen LogP contribution in [-0.4, -0.2) is 5.11 Å². The number of phenols is 1. The van der Waals surface area contributed by atoms with Crippen molar-refractivity contribution < 1.29 is 5.11 Å². The Morgan fingerprint density at radius 3 is 1.71 bits per heavy atom. The lowest BCUT2D eigenvalue weighted by Crippen LogP contribution is -1.82. The highest BCUT2D eigenvalue weighted by atomic mass is 32.1. The number of thiol groups is 2. The molecule has 0 aliphatic heterocycles. The maximum absolute atomic E-state index is 9.23. The van der Waals surface area contributed by atoms with Gasteiger partial charge in [-0.3, -0.25) is 0 Å². The van der Waals surface area contributed by atoms with Gasteiger partial charge >= 0.3 is 0 Å². The third kappa shape index (κ3) is 2.87. The lowest BCUT2D eigenvalue weighted by atomic mass is 10.1. The van der Waals surface area contributed by atoms with Crippen molar-refractivity contribution in [1.82, 2.24) is 0 Å². The van der Waals surface area contributed by atoms with E-state index in [1.54, 1.807) is 12.1 Å². The van der Waals surface area contributed by atoms with Gasteiger partial charge in [0.05, 0.1) is 0 Å². The Labute approximate surface area is 112 Å². The summed E-state index contributed by atoms with van der Waals surface area (Å²) >= 11 is 8.97. The minimum atomic E-state index is 0.246. The van der Waals surface area contributed by atoms with Gasteiger partial charge in [0.1, 0.15) is 5.75 Å². The SMILES string of the molecule is Oc1ccc(/C(S)=C(/S)c2ccccc2)cc1. The average molecular weight is 260 g/mol. The zero-order valence-corrected chi connectivity index (χ0v) is 10.8. The zero-order chi connectivity index (χ0) is 12.3. The molecule has 86 valence electrons. The molecule has 0 aliphatic rings. The third-order valence-electron chi connectivity index (χ3n) is 2.41. The summed E-state index contributed by atoms with van der Waals surface area (Å²) in [5.41, 5.74) is 1.95. The largest absolute Gasteiger partial charge is 0.508 e. The monoisotopic (exact) mass is 260 g/mol. The van der Waals surface area contributed by atoms with Crippen LogP contribution in [0.25, 0.3) is 9.81 Å². The van der Waals surface area contributed by atoms with E-state index in [9.17, 15) is 5.11 Å². The maximum Gasteiger partial charge on any atom is 0.115 e. The van der Waals surface area contributed by atoms with Gasteiger partial charge in [-0.15, -0.1) is 25.3 Å². The molecule has 1 N–H and O–H groups in total. The van der Waals surface area contributed by atoms with Crippen LogP contribution in [0.1, 0.15) is 11.1 Å². The van der Waals surface area contributed by atoms with Crippen molar-refractivity contribution in [2.45, 2.75) is 0 Å². The molecule has 2 aromatic rings. The normalized spacial score (nSPS) is 12.1. The van der Waals surface area contributed by atoms with Crippen molar-refractivity contribution in [3.05, 3.63) is 65.7 Å². The van der Waals surface area contributed by atoms with E-state index in [2.05, 4.69) is 25.3 Å². The van der Waals surface area contributed by atoms with Gasteiger partial charge in [0, 0.05) is 9.81 Å². The van der Waals surface area contributed by atoms with Gasteiger partial charge in [-0.1, -0.05) is 42.5 Å². The third-order valence-corrected chi connectivity index (χ3v) is 3.55. The van der Waals surface area contributed by atoms with E-state index >= 15 is 0 Å². The second kappa shape index (κ2) is 5.34. The second-order valence-electron chi connectivity index (χ2n) is 3.61. The van der Waals surface area contributed by atoms with Crippen molar-refractivity contribution in [3.63, 3.8) is 0 Å². The molecule has 0 aromatic heterocycles. The first-order valence-corrected chi connectivity index (χ1v) is 6.05. The van der Waals surface area contributed by atoms with Crippen LogP contribution >= 0.6 is 25.3 Å². The summed E-state index contributed by atoms with van der Waals surface area (Å²) < 4.78 is 0. The first-order valence-electron chi connectivity index (χ1n) is 5.15. The van der Waals surface area contributed by atoms with Gasteiger partial charge in [0.2, 0.25) is 0 Å². The Balaban J connectivity index is 2.41. The molecule has 0 unspecified atom stereocenters. The summed E-state index contributed by atoms with van der Waals surface area (Å²) in [6.07, 6.45) is 0. The van der Waals surface area contributed by atoms with E-state index in [1.807, 2.05) is 42.5 Å². The molecule has 17 heavy (non-hydrogen) atoms. The van der Waals surface area contributed by atoms with E-state index in [-0.39, 0.29) is 5.75 Å². The van der Waals surface area contributed by atoms with Gasteiger partial charge in [0.15, 0.2) is 0 Å². The summed E-state index contributed by atoms with van der Waals surface area (Å²) in [6.45, 7) is 0. The van der Waals surface area contributed by atoms with Crippen molar-refractivity contribution in [2.24, 2.45) is 0 Å². The van der Waals surface area contributed by atoms with Crippen molar-refractivity contribution in [1.29, 1.82) is 0 Å². The summed E-state index contributed by atoms with van der Waals surface area (Å²) in [5.74, 6) is 0.246. The standard InChI is InChI=1S/C14H12OS2/c15-12-8-6-11(7-9-12)14(17)13(16)10-4-2-1-3-5-10/h1-9,15-17H/b14-13-. The fraction of sp³-hybridized carbons (Fsp3) is 0. The summed E-state index contributed by atoms with van der Waals surface area (Å²) in [6, 6.07) is 16.8. The molecule has 0 heterocycles.